The Morgan fingerprint density at radius 3 is 0.966 bits per heavy atom. The molecule has 21 nitrogen and oxygen atoms in total. The molecule has 0 unspecified atom stereocenters. The van der Waals surface area contributed by atoms with Crippen LogP contribution in [0.4, 0.5) is 0 Å². The number of hydrogen-bond donors (Lipinski definition) is 11. The highest BCUT2D eigenvalue weighted by molar-refractivity contribution is 5.98. The van der Waals surface area contributed by atoms with Crippen molar-refractivity contribution in [3.63, 3.8) is 0 Å². The van der Waals surface area contributed by atoms with E-state index < -0.39 is 125 Å². The van der Waals surface area contributed by atoms with E-state index in [0.29, 0.717) is 0 Å². The Labute approximate surface area is 340 Å². The van der Waals surface area contributed by atoms with E-state index in [1.807, 2.05) is 0 Å². The van der Waals surface area contributed by atoms with Crippen LogP contribution in [0.25, 0.3) is 0 Å². The van der Waals surface area contributed by atoms with Gasteiger partial charge in [0.25, 0.3) is 0 Å². The van der Waals surface area contributed by atoms with Gasteiger partial charge in [-0.3, -0.25) is 47.9 Å². The minimum atomic E-state index is -1.26. The second-order valence-electron chi connectivity index (χ2n) is 15.6. The molecule has 58 heavy (non-hydrogen) atoms. The highest BCUT2D eigenvalue weighted by Gasteiger charge is 2.33. The molecule has 0 aliphatic carbocycles. The molecule has 330 valence electrons. The molecule has 0 fully saturated rings. The first-order valence-corrected chi connectivity index (χ1v) is 19.3. The van der Waals surface area contributed by atoms with Gasteiger partial charge in [0.2, 0.25) is 53.2 Å². The number of carboxylic acid groups (broad SMARTS) is 1. The van der Waals surface area contributed by atoms with Gasteiger partial charge in [-0.25, -0.2) is 0 Å². The Hall–Kier alpha value is -5.34. The maximum atomic E-state index is 13.4. The predicted octanol–water partition coefficient (Wildman–Crippen LogP) is -2.74. The van der Waals surface area contributed by atoms with E-state index in [-0.39, 0.29) is 18.3 Å². The normalized spacial score (nSPS) is 16.4. The summed E-state index contributed by atoms with van der Waals surface area (Å²) in [5.41, 5.74) is 5.80. The number of amides is 9. The van der Waals surface area contributed by atoms with Crippen molar-refractivity contribution in [3.05, 3.63) is 0 Å². The van der Waals surface area contributed by atoms with Crippen molar-refractivity contribution in [1.29, 1.82) is 0 Å². The lowest BCUT2D eigenvalue weighted by atomic mass is 9.99. The largest absolute Gasteiger partial charge is 0.480 e. The topological polar surface area (TPSA) is 325 Å². The van der Waals surface area contributed by atoms with Crippen LogP contribution in [0, 0.1) is 17.8 Å². The summed E-state index contributed by atoms with van der Waals surface area (Å²) in [4.78, 5) is 126. The Kier molecular flexibility index (Phi) is 22.2. The summed E-state index contributed by atoms with van der Waals surface area (Å²) < 4.78 is 0. The van der Waals surface area contributed by atoms with E-state index in [0.717, 1.165) is 0 Å². The average Bonchev–Trinajstić information content (AvgIpc) is 3.11. The van der Waals surface area contributed by atoms with Crippen LogP contribution in [0.1, 0.15) is 96.4 Å². The number of carbonyl (C=O) groups is 10. The van der Waals surface area contributed by atoms with Gasteiger partial charge in [-0.05, 0) is 72.6 Å². The van der Waals surface area contributed by atoms with Crippen LogP contribution in [0.2, 0.25) is 0 Å². The van der Waals surface area contributed by atoms with E-state index in [4.69, 9.17) is 10.8 Å². The van der Waals surface area contributed by atoms with Crippen molar-refractivity contribution in [1.82, 2.24) is 47.9 Å². The van der Waals surface area contributed by atoms with Crippen LogP contribution >= 0.6 is 0 Å². The number of carboxylic acids is 1. The van der Waals surface area contributed by atoms with Crippen molar-refractivity contribution in [2.45, 2.75) is 157 Å². The fourth-order valence-corrected chi connectivity index (χ4v) is 4.85. The fraction of sp³-hybridized carbons (Fsp3) is 0.730. The van der Waals surface area contributed by atoms with Gasteiger partial charge in [0.05, 0.1) is 6.04 Å². The zero-order valence-corrected chi connectivity index (χ0v) is 35.8. The van der Waals surface area contributed by atoms with Crippen molar-refractivity contribution in [3.8, 4) is 0 Å². The first-order chi connectivity index (χ1) is 26.6. The van der Waals surface area contributed by atoms with Gasteiger partial charge in [0.15, 0.2) is 0 Å². The van der Waals surface area contributed by atoms with Gasteiger partial charge in [-0.1, -0.05) is 41.5 Å². The summed E-state index contributed by atoms with van der Waals surface area (Å²) in [6, 6.07) is -11.1. The summed E-state index contributed by atoms with van der Waals surface area (Å²) in [6.45, 7) is 19.9. The summed E-state index contributed by atoms with van der Waals surface area (Å²) in [5, 5.41) is 31.2. The lowest BCUT2D eigenvalue weighted by Gasteiger charge is -2.28. The summed E-state index contributed by atoms with van der Waals surface area (Å²) in [7, 11) is 0. The SMILES string of the molecule is CC(C)C[C@H](NC(=O)[C@H](C)NC(=O)[C@H](C)NC(=O)[C@H](C)NC(=O)[C@H](C)NC(=O)[C@H](C)NC(=O)[C@@H](N)C(C)C)C(=O)N[C@H](C(=O)N[C@@H](C)C(=O)N[C@@H](C)C(=O)O)C(C)C. The molecule has 0 saturated heterocycles. The van der Waals surface area contributed by atoms with Gasteiger partial charge >= 0.3 is 5.97 Å². The Morgan fingerprint density at radius 2 is 0.672 bits per heavy atom. The quantitative estimate of drug-likeness (QED) is 0.0500. The maximum absolute atomic E-state index is 13.4. The third-order valence-corrected chi connectivity index (χ3v) is 8.85. The molecule has 0 bridgehead atoms. The molecule has 0 saturated carbocycles. The molecule has 12 N–H and O–H groups in total. The first-order valence-electron chi connectivity index (χ1n) is 19.3. The van der Waals surface area contributed by atoms with E-state index >= 15 is 0 Å². The average molecular weight is 827 g/mol. The molecule has 0 radical (unpaired) electrons. The molecule has 0 aliphatic heterocycles. The van der Waals surface area contributed by atoms with E-state index in [1.54, 1.807) is 41.5 Å². The number of hydrogen-bond acceptors (Lipinski definition) is 11. The molecule has 0 aromatic rings. The van der Waals surface area contributed by atoms with Gasteiger partial charge in [-0.15, -0.1) is 0 Å². The van der Waals surface area contributed by atoms with Crippen LogP contribution in [0.15, 0.2) is 0 Å². The predicted molar refractivity (Wildman–Crippen MR) is 212 cm³/mol. The zero-order valence-electron chi connectivity index (χ0n) is 35.8. The van der Waals surface area contributed by atoms with Crippen molar-refractivity contribution < 1.29 is 53.1 Å². The Balaban J connectivity index is 5.34. The van der Waals surface area contributed by atoms with Gasteiger partial charge in [0, 0.05) is 0 Å². The monoisotopic (exact) mass is 826 g/mol. The van der Waals surface area contributed by atoms with Gasteiger partial charge in [-0.2, -0.15) is 0 Å². The minimum Gasteiger partial charge on any atom is -0.480 e. The summed E-state index contributed by atoms with van der Waals surface area (Å²) in [5.74, 6) is -8.33. The standard InChI is InChI=1S/C37H66N10O11/c1-15(2)14-25(34(54)47-27(17(5)6)36(56)44-22(11)32(52)45-24(13)37(57)58)46-33(53)23(12)42-30(50)20(9)40-28(48)18(7)39-29(49)19(8)41-31(51)21(10)43-35(55)26(38)16(3)4/h15-27H,14,38H2,1-13H3,(H,39,49)(H,40,48)(H,41,51)(H,42,50)(H,43,55)(H,44,56)(H,45,52)(H,46,53)(H,47,54)(H,57,58)/t18-,19-,20-,21-,22-,23-,24-,25-,26-,27-/m0/s1. The molecule has 0 aromatic carbocycles. The van der Waals surface area contributed by atoms with Crippen LogP contribution in [0.3, 0.4) is 0 Å². The molecular weight excluding hydrogens is 760 g/mol. The lowest BCUT2D eigenvalue weighted by Crippen LogP contribution is -2.60. The summed E-state index contributed by atoms with van der Waals surface area (Å²) in [6.07, 6.45) is 0.150. The highest BCUT2D eigenvalue weighted by Crippen LogP contribution is 2.09. The number of carbonyl (C=O) groups excluding carboxylic acids is 9. The molecule has 21 heteroatoms. The van der Waals surface area contributed by atoms with Crippen molar-refractivity contribution in [2.24, 2.45) is 23.5 Å². The molecule has 0 aromatic heterocycles. The highest BCUT2D eigenvalue weighted by atomic mass is 16.4. The molecule has 0 aliphatic rings. The first kappa shape index (κ1) is 52.7. The van der Waals surface area contributed by atoms with Crippen LogP contribution in [-0.2, 0) is 47.9 Å². The van der Waals surface area contributed by atoms with E-state index in [1.165, 1.54) is 48.5 Å². The fourth-order valence-electron chi connectivity index (χ4n) is 4.85. The second kappa shape index (κ2) is 24.4. The third kappa shape index (κ3) is 18.3. The number of aliphatic carboxylic acids is 1. The molecule has 0 heterocycles. The van der Waals surface area contributed by atoms with Gasteiger partial charge in [0.1, 0.15) is 54.4 Å². The van der Waals surface area contributed by atoms with Crippen LogP contribution in [0.5, 0.6) is 0 Å². The van der Waals surface area contributed by atoms with Crippen LogP contribution in [-0.4, -0.2) is 125 Å². The maximum Gasteiger partial charge on any atom is 0.325 e. The smallest absolute Gasteiger partial charge is 0.325 e. The lowest BCUT2D eigenvalue weighted by molar-refractivity contribution is -0.141. The number of nitrogens with two attached hydrogens (primary N) is 1. The Bertz CT molecular complexity index is 1510. The molecular formula is C37H66N10O11. The second-order valence-corrected chi connectivity index (χ2v) is 15.6. The van der Waals surface area contributed by atoms with Crippen molar-refractivity contribution in [2.75, 3.05) is 0 Å². The molecule has 0 rings (SSSR count). The molecule has 9 amide bonds. The number of rotatable bonds is 23. The summed E-state index contributed by atoms with van der Waals surface area (Å²) >= 11 is 0. The van der Waals surface area contributed by atoms with Crippen molar-refractivity contribution >= 4 is 59.1 Å². The zero-order chi connectivity index (χ0) is 45.4. The minimum absolute atomic E-state index is 0.102. The number of nitrogens with one attached hydrogen (secondary N) is 9. The third-order valence-electron chi connectivity index (χ3n) is 8.85. The van der Waals surface area contributed by atoms with E-state index in [2.05, 4.69) is 47.9 Å². The molecule has 10 atom stereocenters. The Morgan fingerprint density at radius 1 is 0.379 bits per heavy atom. The molecule has 0 spiro atoms. The van der Waals surface area contributed by atoms with Crippen LogP contribution < -0.4 is 53.6 Å². The van der Waals surface area contributed by atoms with Gasteiger partial charge < -0.3 is 58.7 Å². The van der Waals surface area contributed by atoms with E-state index in [9.17, 15) is 47.9 Å².